The van der Waals surface area contributed by atoms with Crippen LogP contribution in [0.2, 0.25) is 0 Å². The molecule has 0 amide bonds. The van der Waals surface area contributed by atoms with Crippen LogP contribution in [0.4, 0.5) is 0 Å². The maximum Gasteiger partial charge on any atom is 0.193 e. The molecule has 2 heterocycles. The quantitative estimate of drug-likeness (QED) is 0.641. The monoisotopic (exact) mass is 313 g/mol. The first-order valence-corrected chi connectivity index (χ1v) is 8.91. The van der Waals surface area contributed by atoms with E-state index in [0.29, 0.717) is 6.54 Å². The zero-order chi connectivity index (χ0) is 14.4. The molecule has 0 spiro atoms. The lowest BCUT2D eigenvalue weighted by molar-refractivity contribution is 0.0719. The minimum absolute atomic E-state index is 0.574. The molecule has 4 nitrogen and oxygen atoms in total. The summed E-state index contributed by atoms with van der Waals surface area (Å²) in [7, 11) is 3.83. The Morgan fingerprint density at radius 3 is 3.05 bits per heavy atom. The van der Waals surface area contributed by atoms with Gasteiger partial charge >= 0.3 is 0 Å². The molecule has 0 saturated carbocycles. The fraction of sp³-hybridized carbons (Fsp3) is 0.643. The normalized spacial score (nSPS) is 23.1. The zero-order valence-electron chi connectivity index (χ0n) is 12.1. The molecule has 112 valence electrons. The average molecular weight is 313 g/mol. The molecule has 2 N–H and O–H groups in total. The number of rotatable bonds is 5. The molecule has 0 aromatic carbocycles. The predicted octanol–water partition coefficient (Wildman–Crippen LogP) is 1.67. The third-order valence-electron chi connectivity index (χ3n) is 3.51. The van der Waals surface area contributed by atoms with Gasteiger partial charge in [0.2, 0.25) is 0 Å². The Kier molecular flexibility index (Phi) is 5.74. The molecule has 0 bridgehead atoms. The van der Waals surface area contributed by atoms with Crippen LogP contribution in [-0.2, 0) is 6.42 Å². The second-order valence-corrected chi connectivity index (χ2v) is 7.32. The van der Waals surface area contributed by atoms with Crippen LogP contribution >= 0.6 is 23.1 Å². The number of likely N-dealkylation sites (N-methyl/N-ethyl adjacent to an activating group) is 1. The Morgan fingerprint density at radius 2 is 2.45 bits per heavy atom. The van der Waals surface area contributed by atoms with Crippen molar-refractivity contribution < 1.29 is 5.11 Å². The Balaban J connectivity index is 1.78. The summed E-state index contributed by atoms with van der Waals surface area (Å²) >= 11 is 3.60. The van der Waals surface area contributed by atoms with Crippen molar-refractivity contribution in [1.29, 1.82) is 0 Å². The Hall–Kier alpha value is -0.720. The van der Waals surface area contributed by atoms with Gasteiger partial charge in [0, 0.05) is 37.8 Å². The Bertz CT molecular complexity index is 428. The zero-order valence-corrected chi connectivity index (χ0v) is 13.8. The van der Waals surface area contributed by atoms with Crippen LogP contribution in [0, 0.1) is 0 Å². The van der Waals surface area contributed by atoms with Crippen molar-refractivity contribution in [3.8, 4) is 0 Å². The SMILES string of the molecule is CN=C(NCC1(O)CCSC1)N(C)CCc1cccs1. The van der Waals surface area contributed by atoms with Gasteiger partial charge in [-0.2, -0.15) is 11.8 Å². The summed E-state index contributed by atoms with van der Waals surface area (Å²) in [6.45, 7) is 1.50. The number of hydrogen-bond donors (Lipinski definition) is 2. The molecule has 1 aromatic rings. The van der Waals surface area contributed by atoms with E-state index < -0.39 is 5.60 Å². The lowest BCUT2D eigenvalue weighted by atomic mass is 10.0. The third kappa shape index (κ3) is 4.40. The lowest BCUT2D eigenvalue weighted by Crippen LogP contribution is -2.48. The molecular formula is C14H23N3OS2. The van der Waals surface area contributed by atoms with Gasteiger partial charge in [-0.1, -0.05) is 6.07 Å². The van der Waals surface area contributed by atoms with Crippen molar-refractivity contribution in [2.24, 2.45) is 4.99 Å². The number of thiophene rings is 1. The second kappa shape index (κ2) is 7.33. The number of hydrogen-bond acceptors (Lipinski definition) is 4. The standard InChI is InChI=1S/C14H23N3OS2/c1-15-13(16-10-14(18)6-9-19-11-14)17(2)7-5-12-4-3-8-20-12/h3-4,8,18H,5-7,9-11H2,1-2H3,(H,15,16). The van der Waals surface area contributed by atoms with Gasteiger partial charge in [0.1, 0.15) is 0 Å². The first-order chi connectivity index (χ1) is 9.63. The summed E-state index contributed by atoms with van der Waals surface area (Å²) in [5.74, 6) is 2.72. The second-order valence-electron chi connectivity index (χ2n) is 5.18. The largest absolute Gasteiger partial charge is 0.387 e. The van der Waals surface area contributed by atoms with Gasteiger partial charge in [0.05, 0.1) is 5.60 Å². The van der Waals surface area contributed by atoms with Crippen LogP contribution in [0.3, 0.4) is 0 Å². The van der Waals surface area contributed by atoms with Gasteiger partial charge in [-0.05, 0) is 30.0 Å². The molecule has 1 fully saturated rings. The van der Waals surface area contributed by atoms with Gasteiger partial charge in [-0.15, -0.1) is 11.3 Å². The summed E-state index contributed by atoms with van der Waals surface area (Å²) < 4.78 is 0. The van der Waals surface area contributed by atoms with Gasteiger partial charge < -0.3 is 15.3 Å². The summed E-state index contributed by atoms with van der Waals surface area (Å²) in [6, 6.07) is 4.24. The van der Waals surface area contributed by atoms with E-state index in [1.54, 1.807) is 18.4 Å². The summed E-state index contributed by atoms with van der Waals surface area (Å²) in [6.07, 6.45) is 1.88. The molecule has 1 aliphatic rings. The van der Waals surface area contributed by atoms with Crippen molar-refractivity contribution in [3.05, 3.63) is 22.4 Å². The molecule has 6 heteroatoms. The van der Waals surface area contributed by atoms with E-state index in [2.05, 4.69) is 32.7 Å². The van der Waals surface area contributed by atoms with Crippen LogP contribution in [0.5, 0.6) is 0 Å². The van der Waals surface area contributed by atoms with Crippen LogP contribution in [0.15, 0.2) is 22.5 Å². The van der Waals surface area contributed by atoms with E-state index in [1.807, 2.05) is 18.8 Å². The van der Waals surface area contributed by atoms with E-state index in [-0.39, 0.29) is 0 Å². The Morgan fingerprint density at radius 1 is 1.60 bits per heavy atom. The number of nitrogens with one attached hydrogen (secondary N) is 1. The van der Waals surface area contributed by atoms with Crippen molar-refractivity contribution in [3.63, 3.8) is 0 Å². The smallest absolute Gasteiger partial charge is 0.193 e. The van der Waals surface area contributed by atoms with E-state index in [9.17, 15) is 5.11 Å². The number of aliphatic hydroxyl groups is 1. The van der Waals surface area contributed by atoms with E-state index >= 15 is 0 Å². The molecule has 1 saturated heterocycles. The number of nitrogens with zero attached hydrogens (tertiary/aromatic N) is 2. The molecule has 1 atom stereocenters. The van der Waals surface area contributed by atoms with Crippen molar-refractivity contribution in [1.82, 2.24) is 10.2 Å². The highest BCUT2D eigenvalue weighted by Crippen LogP contribution is 2.26. The van der Waals surface area contributed by atoms with Crippen molar-refractivity contribution in [2.45, 2.75) is 18.4 Å². The maximum absolute atomic E-state index is 10.3. The van der Waals surface area contributed by atoms with Crippen LogP contribution in [0.1, 0.15) is 11.3 Å². The minimum atomic E-state index is -0.574. The van der Waals surface area contributed by atoms with Crippen LogP contribution < -0.4 is 5.32 Å². The van der Waals surface area contributed by atoms with Gasteiger partial charge in [-0.25, -0.2) is 0 Å². The molecule has 20 heavy (non-hydrogen) atoms. The van der Waals surface area contributed by atoms with Gasteiger partial charge in [0.15, 0.2) is 5.96 Å². The fourth-order valence-corrected chi connectivity index (χ4v) is 4.20. The predicted molar refractivity (Wildman–Crippen MR) is 88.9 cm³/mol. The minimum Gasteiger partial charge on any atom is -0.387 e. The topological polar surface area (TPSA) is 47.9 Å². The van der Waals surface area contributed by atoms with Gasteiger partial charge in [-0.3, -0.25) is 4.99 Å². The van der Waals surface area contributed by atoms with Crippen LogP contribution in [0.25, 0.3) is 0 Å². The molecule has 2 rings (SSSR count). The highest BCUT2D eigenvalue weighted by molar-refractivity contribution is 7.99. The van der Waals surface area contributed by atoms with Crippen molar-refractivity contribution in [2.75, 3.05) is 38.7 Å². The van der Waals surface area contributed by atoms with Gasteiger partial charge in [0.25, 0.3) is 0 Å². The molecule has 0 radical (unpaired) electrons. The molecule has 1 aliphatic heterocycles. The highest BCUT2D eigenvalue weighted by atomic mass is 32.2. The van der Waals surface area contributed by atoms with Crippen molar-refractivity contribution >= 4 is 29.1 Å². The first-order valence-electron chi connectivity index (χ1n) is 6.87. The summed E-state index contributed by atoms with van der Waals surface area (Å²) in [4.78, 5) is 7.80. The molecule has 1 aromatic heterocycles. The molecular weight excluding hydrogens is 290 g/mol. The summed E-state index contributed by atoms with van der Waals surface area (Å²) in [5.41, 5.74) is -0.574. The first kappa shape index (κ1) is 15.7. The highest BCUT2D eigenvalue weighted by Gasteiger charge is 2.31. The third-order valence-corrected chi connectivity index (χ3v) is 5.68. The molecule has 0 aliphatic carbocycles. The fourth-order valence-electron chi connectivity index (χ4n) is 2.20. The van der Waals surface area contributed by atoms with Crippen LogP contribution in [-0.4, -0.2) is 60.3 Å². The Labute approximate surface area is 129 Å². The average Bonchev–Trinajstić information content (AvgIpc) is 3.09. The number of thioether (sulfide) groups is 1. The van der Waals surface area contributed by atoms with E-state index in [0.717, 1.165) is 36.9 Å². The summed E-state index contributed by atoms with van der Waals surface area (Å²) in [5, 5.41) is 15.7. The number of guanidine groups is 1. The van der Waals surface area contributed by atoms with E-state index in [1.165, 1.54) is 4.88 Å². The molecule has 1 unspecified atom stereocenters. The maximum atomic E-state index is 10.3. The lowest BCUT2D eigenvalue weighted by Gasteiger charge is -2.27. The number of aliphatic imine (C=N–C) groups is 1. The van der Waals surface area contributed by atoms with E-state index in [4.69, 9.17) is 0 Å².